The lowest BCUT2D eigenvalue weighted by atomic mass is 10.1. The van der Waals surface area contributed by atoms with Crippen LogP contribution in [0.25, 0.3) is 0 Å². The molecule has 0 atom stereocenters. The molecule has 3 aromatic rings. The summed E-state index contributed by atoms with van der Waals surface area (Å²) in [5, 5.41) is 0. The summed E-state index contributed by atoms with van der Waals surface area (Å²) in [5.74, 6) is 2.13. The third-order valence-electron chi connectivity index (χ3n) is 4.22. The molecule has 2 heterocycles. The fraction of sp³-hybridized carbons (Fsp3) is 0.286. The second kappa shape index (κ2) is 7.88. The molecule has 0 saturated carbocycles. The van der Waals surface area contributed by atoms with Crippen molar-refractivity contribution in [3.05, 3.63) is 83.6 Å². The Bertz CT molecular complexity index is 815. The maximum atomic E-state index is 4.79. The summed E-state index contributed by atoms with van der Waals surface area (Å²) in [5.41, 5.74) is 3.76. The average molecular weight is 332 g/mol. The molecule has 0 unspecified atom stereocenters. The monoisotopic (exact) mass is 332 g/mol. The molecule has 4 heteroatoms. The van der Waals surface area contributed by atoms with E-state index in [0.717, 1.165) is 24.7 Å². The number of anilines is 1. The number of nitrogens with zero attached hydrogens (tertiary/aromatic N) is 4. The highest BCUT2D eigenvalue weighted by Gasteiger charge is 2.13. The molecule has 0 bridgehead atoms. The Morgan fingerprint density at radius 3 is 2.52 bits per heavy atom. The molecule has 128 valence electrons. The molecule has 1 aromatic carbocycles. The molecule has 0 fully saturated rings. The summed E-state index contributed by atoms with van der Waals surface area (Å²) >= 11 is 0. The summed E-state index contributed by atoms with van der Waals surface area (Å²) in [6.45, 7) is 7.95. The molecule has 0 aliphatic heterocycles. The Morgan fingerprint density at radius 1 is 0.960 bits per heavy atom. The lowest BCUT2D eigenvalue weighted by Gasteiger charge is -2.25. The van der Waals surface area contributed by atoms with Crippen LogP contribution in [0, 0.1) is 6.92 Å². The van der Waals surface area contributed by atoms with Crippen LogP contribution in [0.3, 0.4) is 0 Å². The molecule has 0 saturated heterocycles. The van der Waals surface area contributed by atoms with Crippen molar-refractivity contribution in [2.24, 2.45) is 0 Å². The van der Waals surface area contributed by atoms with Crippen molar-refractivity contribution in [2.45, 2.75) is 39.8 Å². The highest BCUT2D eigenvalue weighted by Crippen LogP contribution is 2.21. The number of aromatic nitrogens is 3. The minimum absolute atomic E-state index is 0.304. The fourth-order valence-electron chi connectivity index (χ4n) is 2.74. The zero-order chi connectivity index (χ0) is 17.6. The molecule has 0 amide bonds. The van der Waals surface area contributed by atoms with Crippen LogP contribution in [-0.4, -0.2) is 15.0 Å². The van der Waals surface area contributed by atoms with Gasteiger partial charge in [0.15, 0.2) is 0 Å². The van der Waals surface area contributed by atoms with Gasteiger partial charge in [-0.1, -0.05) is 44.2 Å². The van der Waals surface area contributed by atoms with Crippen LogP contribution >= 0.6 is 0 Å². The van der Waals surface area contributed by atoms with Gasteiger partial charge in [-0.2, -0.15) is 0 Å². The van der Waals surface area contributed by atoms with Gasteiger partial charge < -0.3 is 4.90 Å². The number of pyridine rings is 1. The molecule has 0 radical (unpaired) electrons. The van der Waals surface area contributed by atoms with Gasteiger partial charge in [0.05, 0.1) is 0 Å². The summed E-state index contributed by atoms with van der Waals surface area (Å²) in [4.78, 5) is 15.7. The normalized spacial score (nSPS) is 10.9. The van der Waals surface area contributed by atoms with E-state index in [2.05, 4.69) is 66.0 Å². The van der Waals surface area contributed by atoms with E-state index in [1.807, 2.05) is 24.5 Å². The molecule has 0 aliphatic carbocycles. The van der Waals surface area contributed by atoms with Crippen LogP contribution in [0.2, 0.25) is 0 Å². The van der Waals surface area contributed by atoms with E-state index >= 15 is 0 Å². The van der Waals surface area contributed by atoms with Gasteiger partial charge in [-0.25, -0.2) is 9.97 Å². The third kappa shape index (κ3) is 4.41. The maximum absolute atomic E-state index is 4.79. The largest absolute Gasteiger partial charge is 0.348 e. The van der Waals surface area contributed by atoms with E-state index in [4.69, 9.17) is 4.98 Å². The van der Waals surface area contributed by atoms with Crippen LogP contribution in [0.5, 0.6) is 0 Å². The second-order valence-electron chi connectivity index (χ2n) is 6.57. The number of benzene rings is 1. The number of rotatable bonds is 6. The standard InChI is InChI=1S/C21H24N4/c1-16(2)21-23-12-10-20(24-21)25(14-18-8-6-11-22-13-18)15-19-9-5-4-7-17(19)3/h4-13,16H,14-15H2,1-3H3. The number of hydrogen-bond donors (Lipinski definition) is 0. The molecule has 25 heavy (non-hydrogen) atoms. The van der Waals surface area contributed by atoms with Gasteiger partial charge >= 0.3 is 0 Å². The Kier molecular flexibility index (Phi) is 5.39. The van der Waals surface area contributed by atoms with Gasteiger partial charge in [0.2, 0.25) is 0 Å². The van der Waals surface area contributed by atoms with Crippen molar-refractivity contribution >= 4 is 5.82 Å². The van der Waals surface area contributed by atoms with Gasteiger partial charge in [0, 0.05) is 37.6 Å². The molecule has 2 aromatic heterocycles. The Hall–Kier alpha value is -2.75. The van der Waals surface area contributed by atoms with E-state index in [-0.39, 0.29) is 0 Å². The predicted octanol–water partition coefficient (Wildman–Crippen LogP) is 4.51. The van der Waals surface area contributed by atoms with Crippen molar-refractivity contribution in [3.8, 4) is 0 Å². The zero-order valence-corrected chi connectivity index (χ0v) is 15.1. The molecule has 3 rings (SSSR count). The van der Waals surface area contributed by atoms with Crippen LogP contribution < -0.4 is 4.90 Å². The summed E-state index contributed by atoms with van der Waals surface area (Å²) in [6, 6.07) is 14.5. The van der Waals surface area contributed by atoms with Crippen molar-refractivity contribution in [2.75, 3.05) is 4.90 Å². The van der Waals surface area contributed by atoms with Crippen molar-refractivity contribution in [1.82, 2.24) is 15.0 Å². The first-order valence-electron chi connectivity index (χ1n) is 8.65. The van der Waals surface area contributed by atoms with E-state index in [1.54, 1.807) is 6.20 Å². The van der Waals surface area contributed by atoms with Gasteiger partial charge in [-0.05, 0) is 35.7 Å². The third-order valence-corrected chi connectivity index (χ3v) is 4.22. The average Bonchev–Trinajstić information content (AvgIpc) is 2.64. The summed E-state index contributed by atoms with van der Waals surface area (Å²) < 4.78 is 0. The smallest absolute Gasteiger partial charge is 0.133 e. The Labute approximate surface area is 149 Å². The molecule has 4 nitrogen and oxygen atoms in total. The molecule has 0 aliphatic rings. The number of hydrogen-bond acceptors (Lipinski definition) is 4. The van der Waals surface area contributed by atoms with Crippen LogP contribution in [0.1, 0.15) is 42.3 Å². The van der Waals surface area contributed by atoms with E-state index in [1.165, 1.54) is 16.7 Å². The maximum Gasteiger partial charge on any atom is 0.133 e. The quantitative estimate of drug-likeness (QED) is 0.666. The molecular weight excluding hydrogens is 308 g/mol. The topological polar surface area (TPSA) is 41.9 Å². The lowest BCUT2D eigenvalue weighted by Crippen LogP contribution is -2.24. The predicted molar refractivity (Wildman–Crippen MR) is 101 cm³/mol. The summed E-state index contributed by atoms with van der Waals surface area (Å²) in [7, 11) is 0. The van der Waals surface area contributed by atoms with Crippen LogP contribution in [-0.2, 0) is 13.1 Å². The first-order valence-corrected chi connectivity index (χ1v) is 8.65. The van der Waals surface area contributed by atoms with Crippen LogP contribution in [0.4, 0.5) is 5.82 Å². The Morgan fingerprint density at radius 2 is 1.80 bits per heavy atom. The first-order chi connectivity index (χ1) is 12.1. The van der Waals surface area contributed by atoms with Crippen molar-refractivity contribution < 1.29 is 0 Å². The van der Waals surface area contributed by atoms with E-state index < -0.39 is 0 Å². The van der Waals surface area contributed by atoms with Gasteiger partial charge in [0.1, 0.15) is 11.6 Å². The van der Waals surface area contributed by atoms with E-state index in [0.29, 0.717) is 5.92 Å². The minimum atomic E-state index is 0.304. The first kappa shape index (κ1) is 17.1. The lowest BCUT2D eigenvalue weighted by molar-refractivity contribution is 0.734. The fourth-order valence-corrected chi connectivity index (χ4v) is 2.74. The minimum Gasteiger partial charge on any atom is -0.348 e. The zero-order valence-electron chi connectivity index (χ0n) is 15.1. The van der Waals surface area contributed by atoms with Gasteiger partial charge in [-0.15, -0.1) is 0 Å². The van der Waals surface area contributed by atoms with E-state index in [9.17, 15) is 0 Å². The molecule has 0 N–H and O–H groups in total. The molecule has 0 spiro atoms. The highest BCUT2D eigenvalue weighted by atomic mass is 15.2. The van der Waals surface area contributed by atoms with Crippen molar-refractivity contribution in [3.63, 3.8) is 0 Å². The number of aryl methyl sites for hydroxylation is 1. The highest BCUT2D eigenvalue weighted by molar-refractivity contribution is 5.41. The van der Waals surface area contributed by atoms with Gasteiger partial charge in [-0.3, -0.25) is 4.98 Å². The molecular formula is C21H24N4. The second-order valence-corrected chi connectivity index (χ2v) is 6.57. The van der Waals surface area contributed by atoms with Crippen LogP contribution in [0.15, 0.2) is 61.1 Å². The van der Waals surface area contributed by atoms with Gasteiger partial charge in [0.25, 0.3) is 0 Å². The Balaban J connectivity index is 1.94. The summed E-state index contributed by atoms with van der Waals surface area (Å²) in [6.07, 6.45) is 5.57. The van der Waals surface area contributed by atoms with Crippen molar-refractivity contribution in [1.29, 1.82) is 0 Å². The SMILES string of the molecule is Cc1ccccc1CN(Cc1cccnc1)c1ccnc(C(C)C)n1.